The number of hydrogen-bond acceptors (Lipinski definition) is 2. The normalized spacial score (nSPS) is 14.4. The minimum atomic E-state index is 0.519. The predicted molar refractivity (Wildman–Crippen MR) is 76.6 cm³/mol. The summed E-state index contributed by atoms with van der Waals surface area (Å²) in [6.07, 6.45) is 1.06. The molecule has 0 heterocycles. The molecule has 0 aliphatic heterocycles. The van der Waals surface area contributed by atoms with Crippen LogP contribution in [-0.4, -0.2) is 13.2 Å². The maximum absolute atomic E-state index is 5.61. The molecule has 96 valence electrons. The van der Waals surface area contributed by atoms with Crippen LogP contribution in [0.2, 0.25) is 0 Å². The topological polar surface area (TPSA) is 35.2 Å². The molecule has 1 aromatic carbocycles. The second kappa shape index (κ2) is 7.02. The third kappa shape index (κ3) is 4.00. The van der Waals surface area contributed by atoms with Gasteiger partial charge in [-0.15, -0.1) is 0 Å². The molecule has 0 aliphatic rings. The zero-order valence-corrected chi connectivity index (χ0v) is 12.5. The van der Waals surface area contributed by atoms with Crippen molar-refractivity contribution in [2.75, 3.05) is 13.2 Å². The van der Waals surface area contributed by atoms with E-state index < -0.39 is 0 Å². The van der Waals surface area contributed by atoms with Gasteiger partial charge in [0.25, 0.3) is 0 Å². The smallest absolute Gasteiger partial charge is 0.133 e. The van der Waals surface area contributed by atoms with Gasteiger partial charge in [-0.3, -0.25) is 0 Å². The van der Waals surface area contributed by atoms with Crippen LogP contribution < -0.4 is 10.5 Å². The van der Waals surface area contributed by atoms with Crippen molar-refractivity contribution in [1.29, 1.82) is 0 Å². The molecule has 1 aromatic rings. The molecule has 0 bridgehead atoms. The first-order valence-electron chi connectivity index (χ1n) is 6.22. The van der Waals surface area contributed by atoms with Gasteiger partial charge in [0.1, 0.15) is 5.75 Å². The Hall–Kier alpha value is -0.540. The molecule has 2 unspecified atom stereocenters. The fourth-order valence-electron chi connectivity index (χ4n) is 1.91. The summed E-state index contributed by atoms with van der Waals surface area (Å²) < 4.78 is 6.54. The summed E-state index contributed by atoms with van der Waals surface area (Å²) in [4.78, 5) is 0. The van der Waals surface area contributed by atoms with Gasteiger partial charge in [0.05, 0.1) is 11.1 Å². The number of halogens is 1. The lowest BCUT2D eigenvalue weighted by Gasteiger charge is -2.20. The van der Waals surface area contributed by atoms with E-state index in [2.05, 4.69) is 41.9 Å². The monoisotopic (exact) mass is 299 g/mol. The summed E-state index contributed by atoms with van der Waals surface area (Å²) in [6, 6.07) is 6.34. The molecule has 17 heavy (non-hydrogen) atoms. The van der Waals surface area contributed by atoms with E-state index >= 15 is 0 Å². The van der Waals surface area contributed by atoms with Gasteiger partial charge in [-0.05, 0) is 65.4 Å². The maximum atomic E-state index is 5.61. The first-order chi connectivity index (χ1) is 8.10. The fourth-order valence-corrected chi connectivity index (χ4v) is 2.43. The number of nitrogens with two attached hydrogens (primary N) is 1. The Kier molecular flexibility index (Phi) is 6.00. The van der Waals surface area contributed by atoms with E-state index in [0.29, 0.717) is 18.4 Å². The molecule has 3 heteroatoms. The van der Waals surface area contributed by atoms with Crippen LogP contribution in [0.1, 0.15) is 38.7 Å². The van der Waals surface area contributed by atoms with Gasteiger partial charge in [0, 0.05) is 0 Å². The molecule has 2 nitrogen and oxygen atoms in total. The molecule has 2 N–H and O–H groups in total. The van der Waals surface area contributed by atoms with E-state index in [1.165, 1.54) is 5.56 Å². The van der Waals surface area contributed by atoms with E-state index in [1.807, 2.05) is 13.0 Å². The Labute approximate surface area is 113 Å². The number of rotatable bonds is 6. The molecule has 0 spiro atoms. The summed E-state index contributed by atoms with van der Waals surface area (Å²) in [6.45, 7) is 7.94. The minimum absolute atomic E-state index is 0.519. The molecule has 0 amide bonds. The fraction of sp³-hybridized carbons (Fsp3) is 0.571. The number of benzene rings is 1. The van der Waals surface area contributed by atoms with Crippen LogP contribution in [0.4, 0.5) is 0 Å². The third-order valence-electron chi connectivity index (χ3n) is 3.26. The van der Waals surface area contributed by atoms with Crippen molar-refractivity contribution in [3.8, 4) is 5.75 Å². The summed E-state index contributed by atoms with van der Waals surface area (Å²) in [5.41, 5.74) is 6.94. The summed E-state index contributed by atoms with van der Waals surface area (Å²) in [5.74, 6) is 2.03. The highest BCUT2D eigenvalue weighted by Crippen LogP contribution is 2.32. The van der Waals surface area contributed by atoms with Gasteiger partial charge in [0.2, 0.25) is 0 Å². The standard InChI is InChI=1S/C14H22BrNO/c1-4-17-14-6-5-12(9-13(14)15)11(3)10(2)7-8-16/h5-6,9-11H,4,7-8,16H2,1-3H3. The van der Waals surface area contributed by atoms with Crippen molar-refractivity contribution in [3.05, 3.63) is 28.2 Å². The van der Waals surface area contributed by atoms with Crippen molar-refractivity contribution in [3.63, 3.8) is 0 Å². The van der Waals surface area contributed by atoms with Crippen LogP contribution in [0.5, 0.6) is 5.75 Å². The lowest BCUT2D eigenvalue weighted by Crippen LogP contribution is -2.12. The van der Waals surface area contributed by atoms with E-state index in [0.717, 1.165) is 23.2 Å². The quantitative estimate of drug-likeness (QED) is 0.863. The second-order valence-corrected chi connectivity index (χ2v) is 5.32. The maximum Gasteiger partial charge on any atom is 0.133 e. The highest BCUT2D eigenvalue weighted by molar-refractivity contribution is 9.10. The van der Waals surface area contributed by atoms with E-state index in [-0.39, 0.29) is 0 Å². The van der Waals surface area contributed by atoms with Crippen molar-refractivity contribution in [1.82, 2.24) is 0 Å². The van der Waals surface area contributed by atoms with Gasteiger partial charge < -0.3 is 10.5 Å². The Bertz CT molecular complexity index is 354. The van der Waals surface area contributed by atoms with Crippen LogP contribution in [0.3, 0.4) is 0 Å². The average molecular weight is 300 g/mol. The molecule has 0 fully saturated rings. The summed E-state index contributed by atoms with van der Waals surface area (Å²) in [5, 5.41) is 0. The lowest BCUT2D eigenvalue weighted by molar-refractivity contribution is 0.337. The lowest BCUT2D eigenvalue weighted by atomic mass is 9.87. The molecular weight excluding hydrogens is 278 g/mol. The third-order valence-corrected chi connectivity index (χ3v) is 3.88. The molecule has 0 aliphatic carbocycles. The van der Waals surface area contributed by atoms with Gasteiger partial charge in [-0.1, -0.05) is 19.9 Å². The van der Waals surface area contributed by atoms with Crippen LogP contribution in [-0.2, 0) is 0 Å². The van der Waals surface area contributed by atoms with E-state index in [1.54, 1.807) is 0 Å². The van der Waals surface area contributed by atoms with Crippen molar-refractivity contribution >= 4 is 15.9 Å². The van der Waals surface area contributed by atoms with Crippen molar-refractivity contribution in [2.24, 2.45) is 11.7 Å². The molecule has 0 saturated heterocycles. The summed E-state index contributed by atoms with van der Waals surface area (Å²) >= 11 is 3.55. The first-order valence-corrected chi connectivity index (χ1v) is 7.01. The molecule has 1 rings (SSSR count). The Balaban J connectivity index is 2.81. The molecule has 0 radical (unpaired) electrons. The number of hydrogen-bond donors (Lipinski definition) is 1. The average Bonchev–Trinajstić information content (AvgIpc) is 2.31. The molecule has 0 aromatic heterocycles. The molecule has 0 saturated carbocycles. The van der Waals surface area contributed by atoms with Crippen LogP contribution in [0.25, 0.3) is 0 Å². The molecular formula is C14H22BrNO. The zero-order valence-electron chi connectivity index (χ0n) is 10.9. The SMILES string of the molecule is CCOc1ccc(C(C)C(C)CCN)cc1Br. The number of ether oxygens (including phenoxy) is 1. The van der Waals surface area contributed by atoms with Crippen LogP contribution in [0, 0.1) is 5.92 Å². The minimum Gasteiger partial charge on any atom is -0.493 e. The van der Waals surface area contributed by atoms with Gasteiger partial charge in [-0.25, -0.2) is 0 Å². The van der Waals surface area contributed by atoms with E-state index in [4.69, 9.17) is 10.5 Å². The Morgan fingerprint density at radius 2 is 2.06 bits per heavy atom. The highest BCUT2D eigenvalue weighted by Gasteiger charge is 2.15. The summed E-state index contributed by atoms with van der Waals surface area (Å²) in [7, 11) is 0. The van der Waals surface area contributed by atoms with E-state index in [9.17, 15) is 0 Å². The largest absolute Gasteiger partial charge is 0.493 e. The van der Waals surface area contributed by atoms with Gasteiger partial charge in [0.15, 0.2) is 0 Å². The Morgan fingerprint density at radius 1 is 1.35 bits per heavy atom. The van der Waals surface area contributed by atoms with Gasteiger partial charge in [-0.2, -0.15) is 0 Å². The van der Waals surface area contributed by atoms with Crippen LogP contribution in [0.15, 0.2) is 22.7 Å². The highest BCUT2D eigenvalue weighted by atomic mass is 79.9. The van der Waals surface area contributed by atoms with Gasteiger partial charge >= 0.3 is 0 Å². The Morgan fingerprint density at radius 3 is 2.59 bits per heavy atom. The second-order valence-electron chi connectivity index (χ2n) is 4.47. The van der Waals surface area contributed by atoms with Crippen LogP contribution >= 0.6 is 15.9 Å². The predicted octanol–water partition coefficient (Wildman–Crippen LogP) is 3.94. The zero-order chi connectivity index (χ0) is 12.8. The molecule has 2 atom stereocenters. The van der Waals surface area contributed by atoms with Crippen molar-refractivity contribution < 1.29 is 4.74 Å². The first kappa shape index (κ1) is 14.5. The van der Waals surface area contributed by atoms with Crippen molar-refractivity contribution in [2.45, 2.75) is 33.1 Å².